The fourth-order valence-electron chi connectivity index (χ4n) is 0.831. The van der Waals surface area contributed by atoms with E-state index in [1.807, 2.05) is 0 Å². The van der Waals surface area contributed by atoms with Crippen LogP contribution in [-0.2, 0) is 10.1 Å². The summed E-state index contributed by atoms with van der Waals surface area (Å²) in [7, 11) is -3.97. The Morgan fingerprint density at radius 1 is 1.25 bits per heavy atom. The van der Waals surface area contributed by atoms with Crippen molar-refractivity contribution in [3.05, 3.63) is 0 Å². The van der Waals surface area contributed by atoms with Crippen LogP contribution in [-0.4, -0.2) is 18.7 Å². The molecule has 68 valence electrons. The first-order chi connectivity index (χ1) is 4.92. The predicted octanol–water partition coefficient (Wildman–Crippen LogP) is -1.64. The Labute approximate surface area is 117 Å². The Kier molecular flexibility index (Phi) is 10.5. The van der Waals surface area contributed by atoms with Crippen LogP contribution in [0.1, 0.15) is 33.1 Å². The molecule has 0 rings (SSSR count). The first kappa shape index (κ1) is 16.0. The summed E-state index contributed by atoms with van der Waals surface area (Å²) in [6, 6.07) is 0. The number of unbranched alkanes of at least 4 members (excludes halogenated alkanes) is 1. The molecular formula is C7H15KO3S. The molecule has 0 bridgehead atoms. The molecule has 12 heavy (non-hydrogen) atoms. The van der Waals surface area contributed by atoms with Gasteiger partial charge in [-0.15, -0.1) is 0 Å². The molecule has 0 radical (unpaired) electrons. The van der Waals surface area contributed by atoms with Gasteiger partial charge in [-0.05, 0) is 12.3 Å². The van der Waals surface area contributed by atoms with Crippen LogP contribution in [0.2, 0.25) is 0 Å². The molecule has 0 saturated carbocycles. The molecule has 0 aliphatic carbocycles. The van der Waals surface area contributed by atoms with Gasteiger partial charge in [-0.3, -0.25) is 0 Å². The first-order valence-corrected chi connectivity index (χ1v) is 5.43. The minimum absolute atomic E-state index is 0. The van der Waals surface area contributed by atoms with Crippen LogP contribution < -0.4 is 51.4 Å². The normalized spacial score (nSPS) is 11.3. The topological polar surface area (TPSA) is 57.2 Å². The minimum Gasteiger partial charge on any atom is -0.748 e. The van der Waals surface area contributed by atoms with Gasteiger partial charge in [0.15, 0.2) is 0 Å². The van der Waals surface area contributed by atoms with Gasteiger partial charge in [0, 0.05) is 5.75 Å². The van der Waals surface area contributed by atoms with Crippen molar-refractivity contribution in [2.45, 2.75) is 33.1 Å². The Bertz CT molecular complexity index is 187. The standard InChI is InChI=1S/C7H16O3S.K/c1-7(2)5-3-4-6-11(8,9)10;/h7H,3-6H2,1-2H3,(H,8,9,10);/q;+1/p-1. The van der Waals surface area contributed by atoms with Gasteiger partial charge in [0.05, 0.1) is 10.1 Å². The van der Waals surface area contributed by atoms with E-state index in [1.165, 1.54) is 0 Å². The van der Waals surface area contributed by atoms with Gasteiger partial charge in [-0.1, -0.05) is 26.7 Å². The summed E-state index contributed by atoms with van der Waals surface area (Å²) >= 11 is 0. The van der Waals surface area contributed by atoms with Crippen LogP contribution in [0.25, 0.3) is 0 Å². The first-order valence-electron chi connectivity index (χ1n) is 3.85. The quantitative estimate of drug-likeness (QED) is 0.316. The van der Waals surface area contributed by atoms with E-state index in [2.05, 4.69) is 13.8 Å². The summed E-state index contributed by atoms with van der Waals surface area (Å²) in [5.41, 5.74) is 0. The SMILES string of the molecule is CC(C)CCCCS(=O)(=O)[O-].[K+]. The molecule has 0 aromatic rings. The summed E-state index contributed by atoms with van der Waals surface area (Å²) in [6.45, 7) is 4.15. The molecule has 0 aliphatic rings. The third-order valence-corrected chi connectivity index (χ3v) is 2.21. The molecule has 0 saturated heterocycles. The molecule has 3 nitrogen and oxygen atoms in total. The maximum Gasteiger partial charge on any atom is 1.00 e. The zero-order valence-electron chi connectivity index (χ0n) is 8.04. The molecule has 5 heteroatoms. The van der Waals surface area contributed by atoms with Crippen molar-refractivity contribution in [2.24, 2.45) is 5.92 Å². The summed E-state index contributed by atoms with van der Waals surface area (Å²) in [6.07, 6.45) is 2.33. The Hall–Kier alpha value is 1.55. The maximum atomic E-state index is 10.1. The molecule has 0 heterocycles. The van der Waals surface area contributed by atoms with E-state index in [9.17, 15) is 13.0 Å². The Balaban J connectivity index is 0. The van der Waals surface area contributed by atoms with Gasteiger partial charge >= 0.3 is 51.4 Å². The smallest absolute Gasteiger partial charge is 0.748 e. The Morgan fingerprint density at radius 2 is 1.75 bits per heavy atom. The van der Waals surface area contributed by atoms with Crippen LogP contribution >= 0.6 is 0 Å². The van der Waals surface area contributed by atoms with E-state index < -0.39 is 10.1 Å². The molecule has 0 fully saturated rings. The maximum absolute atomic E-state index is 10.1. The third kappa shape index (κ3) is 14.1. The summed E-state index contributed by atoms with van der Waals surface area (Å²) in [5, 5.41) is 0. The number of hydrogen-bond donors (Lipinski definition) is 0. The largest absolute Gasteiger partial charge is 1.00 e. The van der Waals surface area contributed by atoms with E-state index in [0.29, 0.717) is 12.3 Å². The Morgan fingerprint density at radius 3 is 2.08 bits per heavy atom. The van der Waals surface area contributed by atoms with Crippen molar-refractivity contribution in [1.82, 2.24) is 0 Å². The minimum atomic E-state index is -3.97. The number of hydrogen-bond acceptors (Lipinski definition) is 3. The van der Waals surface area contributed by atoms with Crippen molar-refractivity contribution < 1.29 is 64.4 Å². The molecular weight excluding hydrogens is 203 g/mol. The van der Waals surface area contributed by atoms with Crippen molar-refractivity contribution in [1.29, 1.82) is 0 Å². The second-order valence-electron chi connectivity index (χ2n) is 3.15. The summed E-state index contributed by atoms with van der Waals surface area (Å²) in [5.74, 6) is 0.379. The summed E-state index contributed by atoms with van der Waals surface area (Å²) < 4.78 is 30.4. The van der Waals surface area contributed by atoms with Gasteiger partial charge in [0.25, 0.3) is 0 Å². The van der Waals surface area contributed by atoms with E-state index in [4.69, 9.17) is 0 Å². The van der Waals surface area contributed by atoms with Gasteiger partial charge in [0.2, 0.25) is 0 Å². The average Bonchev–Trinajstić information content (AvgIpc) is 1.78. The van der Waals surface area contributed by atoms with Crippen molar-refractivity contribution in [3.8, 4) is 0 Å². The molecule has 0 unspecified atom stereocenters. The van der Waals surface area contributed by atoms with E-state index in [-0.39, 0.29) is 57.1 Å². The van der Waals surface area contributed by atoms with Crippen molar-refractivity contribution >= 4 is 10.1 Å². The van der Waals surface area contributed by atoms with Crippen molar-refractivity contribution in [3.63, 3.8) is 0 Å². The fourth-order valence-corrected chi connectivity index (χ4v) is 1.39. The zero-order valence-corrected chi connectivity index (χ0v) is 12.0. The molecule has 0 amide bonds. The van der Waals surface area contributed by atoms with Crippen LogP contribution in [0.5, 0.6) is 0 Å². The zero-order chi connectivity index (χ0) is 8.91. The van der Waals surface area contributed by atoms with Crippen molar-refractivity contribution in [2.75, 3.05) is 5.75 Å². The predicted molar refractivity (Wildman–Crippen MR) is 43.3 cm³/mol. The number of rotatable bonds is 5. The molecule has 0 N–H and O–H groups in total. The van der Waals surface area contributed by atoms with E-state index >= 15 is 0 Å². The van der Waals surface area contributed by atoms with E-state index in [1.54, 1.807) is 0 Å². The second kappa shape index (κ2) is 7.90. The molecule has 0 atom stereocenters. The molecule has 0 aliphatic heterocycles. The molecule has 0 aromatic carbocycles. The monoisotopic (exact) mass is 218 g/mol. The van der Waals surface area contributed by atoms with Gasteiger partial charge in [-0.25, -0.2) is 8.42 Å². The van der Waals surface area contributed by atoms with Crippen LogP contribution in [0, 0.1) is 5.92 Å². The third-order valence-electron chi connectivity index (χ3n) is 1.43. The van der Waals surface area contributed by atoms with E-state index in [0.717, 1.165) is 12.8 Å². The fraction of sp³-hybridized carbons (Fsp3) is 1.00. The van der Waals surface area contributed by atoms with Crippen LogP contribution in [0.4, 0.5) is 0 Å². The van der Waals surface area contributed by atoms with Gasteiger partial charge in [-0.2, -0.15) is 0 Å². The van der Waals surface area contributed by atoms with Crippen LogP contribution in [0.15, 0.2) is 0 Å². The van der Waals surface area contributed by atoms with Gasteiger partial charge in [0.1, 0.15) is 0 Å². The molecule has 0 spiro atoms. The molecule has 0 aromatic heterocycles. The average molecular weight is 218 g/mol. The second-order valence-corrected chi connectivity index (χ2v) is 4.68. The van der Waals surface area contributed by atoms with Gasteiger partial charge < -0.3 is 4.55 Å². The van der Waals surface area contributed by atoms with Crippen LogP contribution in [0.3, 0.4) is 0 Å². The summed E-state index contributed by atoms with van der Waals surface area (Å²) in [4.78, 5) is 0.